The second-order valence-electron chi connectivity index (χ2n) is 11.0. The van der Waals surface area contributed by atoms with Gasteiger partial charge >= 0.3 is 17.9 Å². The molecule has 0 spiro atoms. The van der Waals surface area contributed by atoms with Crippen LogP contribution in [0.2, 0.25) is 0 Å². The van der Waals surface area contributed by atoms with Crippen LogP contribution in [0.4, 0.5) is 13.2 Å². The smallest absolute Gasteiger partial charge is 0.303 e. The van der Waals surface area contributed by atoms with Crippen molar-refractivity contribution in [3.8, 4) is 22.8 Å². The number of methoxy groups -OCH3 is 1. The van der Waals surface area contributed by atoms with Gasteiger partial charge in [-0.15, -0.1) is 5.10 Å². The molecule has 2 heterocycles. The molecule has 0 bridgehead atoms. The molecule has 1 aromatic heterocycles. The van der Waals surface area contributed by atoms with Crippen LogP contribution in [-0.4, -0.2) is 82.3 Å². The number of rotatable bonds is 11. The van der Waals surface area contributed by atoms with Crippen molar-refractivity contribution in [2.24, 2.45) is 0 Å². The second-order valence-corrected chi connectivity index (χ2v) is 12.1. The summed E-state index contributed by atoms with van der Waals surface area (Å²) in [5.74, 6) is -6.19. The first-order chi connectivity index (χ1) is 23.8. The minimum atomic E-state index is -1.67. The largest absolute Gasteiger partial charge is 0.497 e. The number of carbonyl (C=O) groups excluding carboxylic acids is 4. The van der Waals surface area contributed by atoms with Gasteiger partial charge < -0.3 is 28.4 Å². The van der Waals surface area contributed by atoms with Crippen LogP contribution in [0.5, 0.6) is 11.5 Å². The standard InChI is InChI=1S/C33H30F3N3O10S/c1-16(40)45-15-28-31(46-17(2)41)30(39-14-25(37-38-39)19-11-23(34)29(36)24(35)12-19)32(47-18(3)42)33(49-28)50-22-9-10-27(26(43)13-22)48-21-7-5-20(44-4)6-8-21/h5-14,27-28,30-33H,15H2,1-4H3/t27?,28?,30?,31-,32?,33+/m0/s1. The number of thioether (sulfide) groups is 1. The average Bonchev–Trinajstić information content (AvgIpc) is 3.55. The van der Waals surface area contributed by atoms with Gasteiger partial charge in [-0.2, -0.15) is 0 Å². The topological polar surface area (TPSA) is 154 Å². The zero-order chi connectivity index (χ0) is 36.1. The van der Waals surface area contributed by atoms with Crippen molar-refractivity contribution in [2.45, 2.75) is 56.7 Å². The minimum Gasteiger partial charge on any atom is -0.497 e. The monoisotopic (exact) mass is 717 g/mol. The highest BCUT2D eigenvalue weighted by atomic mass is 32.2. The van der Waals surface area contributed by atoms with Crippen LogP contribution < -0.4 is 9.47 Å². The molecule has 264 valence electrons. The average molecular weight is 718 g/mol. The molecule has 5 rings (SSSR count). The molecule has 1 aliphatic carbocycles. The molecule has 50 heavy (non-hydrogen) atoms. The number of esters is 3. The van der Waals surface area contributed by atoms with Crippen LogP contribution in [-0.2, 0) is 38.1 Å². The molecule has 0 amide bonds. The van der Waals surface area contributed by atoms with Crippen LogP contribution >= 0.6 is 11.8 Å². The SMILES string of the molecule is COc1ccc(OC2C=CC(S[C@H]3OC(COC(C)=O)[C@H](OC(C)=O)C(n4cc(-c5cc(F)c(F)c(F)c5)nn4)C3OC(C)=O)=CC2=O)cc1. The van der Waals surface area contributed by atoms with E-state index in [-0.39, 0.29) is 11.3 Å². The molecule has 6 atom stereocenters. The van der Waals surface area contributed by atoms with Crippen molar-refractivity contribution < 1.29 is 60.8 Å². The van der Waals surface area contributed by atoms with Gasteiger partial charge in [-0.3, -0.25) is 19.2 Å². The van der Waals surface area contributed by atoms with Crippen molar-refractivity contribution in [1.82, 2.24) is 15.0 Å². The van der Waals surface area contributed by atoms with Gasteiger partial charge in [0.05, 0.1) is 13.3 Å². The molecule has 2 aromatic carbocycles. The zero-order valence-corrected chi connectivity index (χ0v) is 27.7. The summed E-state index contributed by atoms with van der Waals surface area (Å²) in [7, 11) is 1.52. The summed E-state index contributed by atoms with van der Waals surface area (Å²) in [6.45, 7) is 2.99. The third-order valence-corrected chi connectivity index (χ3v) is 8.48. The fourth-order valence-electron chi connectivity index (χ4n) is 5.19. The summed E-state index contributed by atoms with van der Waals surface area (Å²) < 4.78 is 76.6. The molecule has 1 fully saturated rings. The lowest BCUT2D eigenvalue weighted by Crippen LogP contribution is -2.57. The lowest BCUT2D eigenvalue weighted by atomic mass is 9.96. The molecule has 4 unspecified atom stereocenters. The van der Waals surface area contributed by atoms with E-state index in [2.05, 4.69) is 10.3 Å². The van der Waals surface area contributed by atoms with Crippen LogP contribution in [0.15, 0.2) is 65.7 Å². The number of aromatic nitrogens is 3. The molecule has 0 N–H and O–H groups in total. The molecule has 1 aliphatic heterocycles. The number of halogens is 3. The van der Waals surface area contributed by atoms with Crippen LogP contribution in [0.3, 0.4) is 0 Å². The summed E-state index contributed by atoms with van der Waals surface area (Å²) in [6.07, 6.45) is 0.897. The molecule has 3 aromatic rings. The second kappa shape index (κ2) is 15.6. The summed E-state index contributed by atoms with van der Waals surface area (Å²) in [5, 5.41) is 8.02. The van der Waals surface area contributed by atoms with Crippen molar-refractivity contribution in [1.29, 1.82) is 0 Å². The Labute approximate surface area is 287 Å². The maximum atomic E-state index is 14.1. The van der Waals surface area contributed by atoms with E-state index >= 15 is 0 Å². The van der Waals surface area contributed by atoms with Crippen molar-refractivity contribution in [3.63, 3.8) is 0 Å². The van der Waals surface area contributed by atoms with E-state index in [0.717, 1.165) is 49.3 Å². The fraction of sp³-hybridized carbons (Fsp3) is 0.333. The summed E-state index contributed by atoms with van der Waals surface area (Å²) in [6, 6.07) is 6.86. The summed E-state index contributed by atoms with van der Waals surface area (Å²) in [4.78, 5) is 50.1. The number of hydrogen-bond donors (Lipinski definition) is 0. The lowest BCUT2D eigenvalue weighted by molar-refractivity contribution is -0.212. The summed E-state index contributed by atoms with van der Waals surface area (Å²) in [5.41, 5.74) is -1.42. The van der Waals surface area contributed by atoms with Gasteiger partial charge in [0.1, 0.15) is 41.4 Å². The Morgan fingerprint density at radius 2 is 1.58 bits per heavy atom. The van der Waals surface area contributed by atoms with Gasteiger partial charge in [-0.05, 0) is 54.6 Å². The predicted octanol–water partition coefficient (Wildman–Crippen LogP) is 4.27. The number of ketones is 1. The molecule has 0 radical (unpaired) electrons. The van der Waals surface area contributed by atoms with E-state index in [1.165, 1.54) is 25.5 Å². The van der Waals surface area contributed by atoms with Crippen LogP contribution in [0.25, 0.3) is 11.3 Å². The predicted molar refractivity (Wildman–Crippen MR) is 168 cm³/mol. The first kappa shape index (κ1) is 36.1. The molecular formula is C33H30F3N3O10S. The maximum absolute atomic E-state index is 14.1. The normalized spacial score (nSPS) is 23.1. The number of carbonyl (C=O) groups is 4. The van der Waals surface area contributed by atoms with Gasteiger partial charge in [0, 0.05) is 31.2 Å². The number of nitrogens with zero attached hydrogens (tertiary/aromatic N) is 3. The minimum absolute atomic E-state index is 0.107. The molecule has 13 nitrogen and oxygen atoms in total. The van der Waals surface area contributed by atoms with Crippen molar-refractivity contribution in [3.05, 3.63) is 83.2 Å². The number of benzene rings is 2. The Morgan fingerprint density at radius 1 is 0.940 bits per heavy atom. The van der Waals surface area contributed by atoms with Gasteiger partial charge in [-0.25, -0.2) is 17.9 Å². The first-order valence-corrected chi connectivity index (χ1v) is 15.8. The third kappa shape index (κ3) is 8.52. The zero-order valence-electron chi connectivity index (χ0n) is 26.9. The van der Waals surface area contributed by atoms with Crippen LogP contribution in [0, 0.1) is 17.5 Å². The van der Waals surface area contributed by atoms with Gasteiger partial charge in [0.15, 0.2) is 35.8 Å². The van der Waals surface area contributed by atoms with Crippen molar-refractivity contribution in [2.75, 3.05) is 13.7 Å². The van der Waals surface area contributed by atoms with E-state index in [4.69, 9.17) is 28.4 Å². The third-order valence-electron chi connectivity index (χ3n) is 7.34. The van der Waals surface area contributed by atoms with Crippen LogP contribution in [0.1, 0.15) is 26.8 Å². The van der Waals surface area contributed by atoms with Gasteiger partial charge in [0.2, 0.25) is 5.78 Å². The highest BCUT2D eigenvalue weighted by Gasteiger charge is 2.52. The van der Waals surface area contributed by atoms with E-state index in [1.54, 1.807) is 30.3 Å². The molecular weight excluding hydrogens is 687 g/mol. The Balaban J connectivity index is 1.48. The lowest BCUT2D eigenvalue weighted by Gasteiger charge is -2.44. The Bertz CT molecular complexity index is 1810. The van der Waals surface area contributed by atoms with E-state index in [0.29, 0.717) is 16.4 Å². The Morgan fingerprint density at radius 3 is 2.18 bits per heavy atom. The first-order valence-electron chi connectivity index (χ1n) is 14.9. The van der Waals surface area contributed by atoms with E-state index in [1.807, 2.05) is 0 Å². The fourth-order valence-corrected chi connectivity index (χ4v) is 6.35. The van der Waals surface area contributed by atoms with Crippen molar-refractivity contribution >= 4 is 35.5 Å². The van der Waals surface area contributed by atoms with Gasteiger partial charge in [0.25, 0.3) is 0 Å². The maximum Gasteiger partial charge on any atom is 0.303 e. The molecule has 2 aliphatic rings. The quantitative estimate of drug-likeness (QED) is 0.158. The van der Waals surface area contributed by atoms with E-state index in [9.17, 15) is 32.3 Å². The Kier molecular flexibility index (Phi) is 11.3. The number of allylic oxidation sites excluding steroid dienone is 1. The number of ether oxygens (including phenoxy) is 6. The van der Waals surface area contributed by atoms with E-state index < -0.39 is 83.6 Å². The highest BCUT2D eigenvalue weighted by Crippen LogP contribution is 2.42. The molecule has 0 saturated carbocycles. The number of hydrogen-bond acceptors (Lipinski definition) is 13. The molecule has 1 saturated heterocycles. The highest BCUT2D eigenvalue weighted by molar-refractivity contribution is 8.03. The summed E-state index contributed by atoms with van der Waals surface area (Å²) >= 11 is 0.973. The molecule has 17 heteroatoms. The Hall–Kier alpha value is -5.16. The van der Waals surface area contributed by atoms with Gasteiger partial charge in [-0.1, -0.05) is 17.0 Å².